The molecule has 2 aromatic rings. The maximum atomic E-state index is 12.7. The van der Waals surface area contributed by atoms with Crippen LogP contribution in [-0.2, 0) is 17.8 Å². The lowest BCUT2D eigenvalue weighted by molar-refractivity contribution is -0.142. The van der Waals surface area contributed by atoms with Crippen molar-refractivity contribution in [3.63, 3.8) is 0 Å². The van der Waals surface area contributed by atoms with Crippen LogP contribution in [0.5, 0.6) is 0 Å². The van der Waals surface area contributed by atoms with E-state index in [4.69, 9.17) is 0 Å². The van der Waals surface area contributed by atoms with Crippen molar-refractivity contribution in [1.82, 2.24) is 9.88 Å². The lowest BCUT2D eigenvalue weighted by Gasteiger charge is -2.34. The van der Waals surface area contributed by atoms with E-state index in [0.717, 1.165) is 11.1 Å². The molecule has 1 aromatic carbocycles. The molecule has 22 heavy (non-hydrogen) atoms. The topological polar surface area (TPSA) is 70.5 Å². The number of aromatic nitrogens is 1. The van der Waals surface area contributed by atoms with Crippen LogP contribution in [0.15, 0.2) is 47.2 Å². The molecule has 5 nitrogen and oxygen atoms in total. The van der Waals surface area contributed by atoms with Gasteiger partial charge in [-0.2, -0.15) is 0 Å². The predicted octanol–water partition coefficient (Wildman–Crippen LogP) is 2.50. The molecule has 1 aromatic heterocycles. The minimum Gasteiger partial charge on any atom is -0.480 e. The highest BCUT2D eigenvalue weighted by Crippen LogP contribution is 2.25. The third kappa shape index (κ3) is 2.74. The molecule has 0 unspecified atom stereocenters. The fourth-order valence-electron chi connectivity index (χ4n) is 2.65. The highest BCUT2D eigenvalue weighted by molar-refractivity contribution is 9.10. The van der Waals surface area contributed by atoms with Crippen molar-refractivity contribution in [2.24, 2.45) is 0 Å². The number of halogens is 1. The Balaban J connectivity index is 1.97. The van der Waals surface area contributed by atoms with E-state index in [9.17, 15) is 14.7 Å². The SMILES string of the molecule is O=C(O)[C@@H]1Cc2ccccc2CN1C(=O)c1cncc(Br)c1. The van der Waals surface area contributed by atoms with E-state index in [0.29, 0.717) is 23.0 Å². The molecular formula is C16H13BrN2O3. The van der Waals surface area contributed by atoms with Gasteiger partial charge in [0.15, 0.2) is 0 Å². The number of carbonyl (C=O) groups is 2. The number of benzene rings is 1. The molecule has 3 rings (SSSR count). The van der Waals surface area contributed by atoms with Gasteiger partial charge >= 0.3 is 5.97 Å². The molecule has 0 saturated heterocycles. The summed E-state index contributed by atoms with van der Waals surface area (Å²) in [7, 11) is 0. The number of carboxylic acid groups (broad SMARTS) is 1. The van der Waals surface area contributed by atoms with E-state index < -0.39 is 12.0 Å². The average molecular weight is 361 g/mol. The molecule has 1 amide bonds. The van der Waals surface area contributed by atoms with E-state index in [2.05, 4.69) is 20.9 Å². The van der Waals surface area contributed by atoms with Gasteiger partial charge in [0.05, 0.1) is 5.56 Å². The van der Waals surface area contributed by atoms with E-state index >= 15 is 0 Å². The third-order valence-electron chi connectivity index (χ3n) is 3.75. The summed E-state index contributed by atoms with van der Waals surface area (Å²) in [6, 6.07) is 8.40. The maximum absolute atomic E-state index is 12.7. The molecular weight excluding hydrogens is 348 g/mol. The molecule has 1 aliphatic rings. The number of hydrogen-bond acceptors (Lipinski definition) is 3. The second-order valence-corrected chi connectivity index (χ2v) is 6.07. The Morgan fingerprint density at radius 1 is 1.23 bits per heavy atom. The standard InChI is InChI=1S/C16H13BrN2O3/c17-13-5-12(7-18-8-13)15(20)19-9-11-4-2-1-3-10(11)6-14(19)16(21)22/h1-5,7-8,14H,6,9H2,(H,21,22)/t14-/m0/s1. The number of amides is 1. The highest BCUT2D eigenvalue weighted by atomic mass is 79.9. The Labute approximate surface area is 135 Å². The van der Waals surface area contributed by atoms with Crippen LogP contribution in [0.1, 0.15) is 21.5 Å². The zero-order valence-electron chi connectivity index (χ0n) is 11.6. The number of hydrogen-bond donors (Lipinski definition) is 1. The molecule has 2 heterocycles. The molecule has 1 N–H and O–H groups in total. The first-order valence-electron chi connectivity index (χ1n) is 6.77. The summed E-state index contributed by atoms with van der Waals surface area (Å²) in [5, 5.41) is 9.47. The second kappa shape index (κ2) is 5.88. The lowest BCUT2D eigenvalue weighted by Crippen LogP contribution is -2.48. The molecule has 1 aliphatic heterocycles. The van der Waals surface area contributed by atoms with Crippen molar-refractivity contribution >= 4 is 27.8 Å². The number of carbonyl (C=O) groups excluding carboxylic acids is 1. The van der Waals surface area contributed by atoms with Crippen molar-refractivity contribution < 1.29 is 14.7 Å². The molecule has 0 bridgehead atoms. The average Bonchev–Trinajstić information content (AvgIpc) is 2.52. The number of pyridine rings is 1. The summed E-state index contributed by atoms with van der Waals surface area (Å²) < 4.78 is 0.683. The molecule has 6 heteroatoms. The third-order valence-corrected chi connectivity index (χ3v) is 4.18. The molecule has 0 radical (unpaired) electrons. The van der Waals surface area contributed by atoms with Crippen LogP contribution in [0.4, 0.5) is 0 Å². The maximum Gasteiger partial charge on any atom is 0.326 e. The Morgan fingerprint density at radius 2 is 1.95 bits per heavy atom. The Kier molecular flexibility index (Phi) is 3.94. The zero-order valence-corrected chi connectivity index (χ0v) is 13.2. The van der Waals surface area contributed by atoms with Crippen LogP contribution in [0.25, 0.3) is 0 Å². The largest absolute Gasteiger partial charge is 0.480 e. The lowest BCUT2D eigenvalue weighted by atomic mass is 9.93. The summed E-state index contributed by atoms with van der Waals surface area (Å²) in [5.74, 6) is -1.32. The van der Waals surface area contributed by atoms with Gasteiger partial charge < -0.3 is 10.0 Å². The van der Waals surface area contributed by atoms with E-state index in [1.165, 1.54) is 11.1 Å². The van der Waals surface area contributed by atoms with Crippen LogP contribution in [0, 0.1) is 0 Å². The van der Waals surface area contributed by atoms with E-state index in [1.54, 1.807) is 12.3 Å². The minimum absolute atomic E-state index is 0.290. The van der Waals surface area contributed by atoms with Crippen molar-refractivity contribution in [3.8, 4) is 0 Å². The Morgan fingerprint density at radius 3 is 2.64 bits per heavy atom. The van der Waals surface area contributed by atoms with Crippen molar-refractivity contribution in [2.45, 2.75) is 19.0 Å². The smallest absolute Gasteiger partial charge is 0.326 e. The van der Waals surface area contributed by atoms with Crippen LogP contribution in [-0.4, -0.2) is 32.9 Å². The molecule has 1 atom stereocenters. The summed E-state index contributed by atoms with van der Waals surface area (Å²) in [4.78, 5) is 29.6. The van der Waals surface area contributed by atoms with Crippen molar-refractivity contribution in [3.05, 3.63) is 63.9 Å². The first kappa shape index (κ1) is 14.7. The van der Waals surface area contributed by atoms with Crippen LogP contribution in [0.2, 0.25) is 0 Å². The van der Waals surface area contributed by atoms with Crippen LogP contribution >= 0.6 is 15.9 Å². The normalized spacial score (nSPS) is 17.0. The molecule has 0 aliphatic carbocycles. The number of fused-ring (bicyclic) bond motifs is 1. The van der Waals surface area contributed by atoms with Crippen LogP contribution < -0.4 is 0 Å². The monoisotopic (exact) mass is 360 g/mol. The first-order valence-corrected chi connectivity index (χ1v) is 7.56. The van der Waals surface area contributed by atoms with E-state index in [-0.39, 0.29) is 5.91 Å². The van der Waals surface area contributed by atoms with Gasteiger partial charge in [-0.15, -0.1) is 0 Å². The quantitative estimate of drug-likeness (QED) is 0.892. The van der Waals surface area contributed by atoms with E-state index in [1.807, 2.05) is 24.3 Å². The first-order chi connectivity index (χ1) is 10.6. The molecule has 0 fully saturated rings. The van der Waals surface area contributed by atoms with Crippen molar-refractivity contribution in [1.29, 1.82) is 0 Å². The second-order valence-electron chi connectivity index (χ2n) is 5.15. The Bertz CT molecular complexity index is 748. The van der Waals surface area contributed by atoms with Gasteiger partial charge in [-0.1, -0.05) is 24.3 Å². The summed E-state index contributed by atoms with van der Waals surface area (Å²) in [6.45, 7) is 0.290. The zero-order chi connectivity index (χ0) is 15.7. The fourth-order valence-corrected chi connectivity index (χ4v) is 3.02. The number of rotatable bonds is 2. The predicted molar refractivity (Wildman–Crippen MR) is 83.4 cm³/mol. The number of nitrogens with zero attached hydrogens (tertiary/aromatic N) is 2. The van der Waals surface area contributed by atoms with Gasteiger partial charge in [0.2, 0.25) is 0 Å². The highest BCUT2D eigenvalue weighted by Gasteiger charge is 2.35. The van der Waals surface area contributed by atoms with Gasteiger partial charge in [-0.25, -0.2) is 4.79 Å². The summed E-state index contributed by atoms with van der Waals surface area (Å²) in [6.07, 6.45) is 3.35. The number of carboxylic acids is 1. The fraction of sp³-hybridized carbons (Fsp3) is 0.188. The van der Waals surface area contributed by atoms with Gasteiger partial charge in [0.25, 0.3) is 5.91 Å². The van der Waals surface area contributed by atoms with Gasteiger partial charge in [0.1, 0.15) is 6.04 Å². The molecule has 0 saturated carbocycles. The number of aliphatic carboxylic acids is 1. The molecule has 112 valence electrons. The summed E-state index contributed by atoms with van der Waals surface area (Å²) in [5.41, 5.74) is 2.34. The van der Waals surface area contributed by atoms with Crippen molar-refractivity contribution in [2.75, 3.05) is 0 Å². The Hall–Kier alpha value is -2.21. The molecule has 0 spiro atoms. The summed E-state index contributed by atoms with van der Waals surface area (Å²) >= 11 is 3.27. The van der Waals surface area contributed by atoms with Gasteiger partial charge in [0, 0.05) is 29.8 Å². The van der Waals surface area contributed by atoms with Crippen LogP contribution in [0.3, 0.4) is 0 Å². The van der Waals surface area contributed by atoms with Gasteiger partial charge in [-0.3, -0.25) is 9.78 Å². The minimum atomic E-state index is -0.995. The van der Waals surface area contributed by atoms with Gasteiger partial charge in [-0.05, 0) is 33.1 Å².